The van der Waals surface area contributed by atoms with E-state index in [0.29, 0.717) is 0 Å². The van der Waals surface area contributed by atoms with Gasteiger partial charge in [0.2, 0.25) is 0 Å². The zero-order chi connectivity index (χ0) is 14.9. The van der Waals surface area contributed by atoms with Crippen LogP contribution < -0.4 is 4.90 Å². The second-order valence-electron chi connectivity index (χ2n) is 5.45. The van der Waals surface area contributed by atoms with Crippen LogP contribution in [0.3, 0.4) is 0 Å². The third-order valence-electron chi connectivity index (χ3n) is 4.04. The normalized spacial score (nSPS) is 16.3. The fraction of sp³-hybridized carbons (Fsp3) is 0.333. The minimum Gasteiger partial charge on any atom is -0.393 e. The highest BCUT2D eigenvalue weighted by molar-refractivity contribution is 5.65. The van der Waals surface area contributed by atoms with Gasteiger partial charge in [0, 0.05) is 31.0 Å². The van der Waals surface area contributed by atoms with Gasteiger partial charge in [-0.05, 0) is 12.8 Å². The number of anilines is 1. The lowest BCUT2D eigenvalue weighted by molar-refractivity contribution is 0.145. The first-order valence-electron chi connectivity index (χ1n) is 7.33. The van der Waals surface area contributed by atoms with Crippen molar-refractivity contribution in [1.82, 2.24) is 24.3 Å². The highest BCUT2D eigenvalue weighted by Crippen LogP contribution is 2.26. The van der Waals surface area contributed by atoms with E-state index < -0.39 is 0 Å². The van der Waals surface area contributed by atoms with E-state index in [0.717, 1.165) is 48.7 Å². The van der Waals surface area contributed by atoms with Gasteiger partial charge in [0.1, 0.15) is 12.1 Å². The van der Waals surface area contributed by atoms with Gasteiger partial charge in [0.15, 0.2) is 5.65 Å². The van der Waals surface area contributed by atoms with Crippen molar-refractivity contribution >= 4 is 11.5 Å². The lowest BCUT2D eigenvalue weighted by Crippen LogP contribution is -2.36. The van der Waals surface area contributed by atoms with Crippen molar-refractivity contribution in [2.24, 2.45) is 0 Å². The van der Waals surface area contributed by atoms with Crippen LogP contribution in [-0.4, -0.2) is 48.6 Å². The number of fused-ring (bicyclic) bond motifs is 1. The van der Waals surface area contributed by atoms with Gasteiger partial charge in [-0.25, -0.2) is 15.0 Å². The fourth-order valence-corrected chi connectivity index (χ4v) is 2.88. The maximum Gasteiger partial charge on any atom is 0.157 e. The number of hydrogen-bond donors (Lipinski definition) is 1. The minimum absolute atomic E-state index is 0.201. The molecule has 0 spiro atoms. The largest absolute Gasteiger partial charge is 0.393 e. The standard InChI is InChI=1S/C15H16N6O/c22-12-1-3-20(4-2-12)15-9-16-8-14-19-7-13(21(14)15)11-5-17-10-18-6-11/h5-10,12,22H,1-4H2. The van der Waals surface area contributed by atoms with E-state index in [2.05, 4.69) is 29.2 Å². The molecule has 0 aliphatic carbocycles. The number of nitrogens with zero attached hydrogens (tertiary/aromatic N) is 6. The summed E-state index contributed by atoms with van der Waals surface area (Å²) in [4.78, 5) is 19.1. The van der Waals surface area contributed by atoms with E-state index in [-0.39, 0.29) is 6.10 Å². The first kappa shape index (κ1) is 13.1. The Morgan fingerprint density at radius 2 is 1.73 bits per heavy atom. The van der Waals surface area contributed by atoms with Crippen LogP contribution in [0.4, 0.5) is 5.82 Å². The van der Waals surface area contributed by atoms with Crippen molar-refractivity contribution in [3.05, 3.63) is 37.3 Å². The molecule has 3 aromatic heterocycles. The van der Waals surface area contributed by atoms with E-state index in [1.807, 2.05) is 12.4 Å². The summed E-state index contributed by atoms with van der Waals surface area (Å²) in [7, 11) is 0. The molecule has 0 unspecified atom stereocenters. The first-order valence-corrected chi connectivity index (χ1v) is 7.33. The van der Waals surface area contributed by atoms with E-state index in [9.17, 15) is 5.11 Å². The minimum atomic E-state index is -0.201. The lowest BCUT2D eigenvalue weighted by Gasteiger charge is -2.31. The summed E-state index contributed by atoms with van der Waals surface area (Å²) in [6, 6.07) is 0. The summed E-state index contributed by atoms with van der Waals surface area (Å²) >= 11 is 0. The predicted molar refractivity (Wildman–Crippen MR) is 81.5 cm³/mol. The molecule has 1 N–H and O–H groups in total. The Hall–Kier alpha value is -2.54. The summed E-state index contributed by atoms with van der Waals surface area (Å²) < 4.78 is 2.07. The monoisotopic (exact) mass is 296 g/mol. The second-order valence-corrected chi connectivity index (χ2v) is 5.45. The molecule has 0 amide bonds. The van der Waals surface area contributed by atoms with Crippen LogP contribution in [0.25, 0.3) is 16.9 Å². The molecule has 22 heavy (non-hydrogen) atoms. The quantitative estimate of drug-likeness (QED) is 0.764. The van der Waals surface area contributed by atoms with Gasteiger partial charge in [-0.2, -0.15) is 0 Å². The van der Waals surface area contributed by atoms with Crippen molar-refractivity contribution in [2.75, 3.05) is 18.0 Å². The molecular formula is C15H16N6O. The lowest BCUT2D eigenvalue weighted by atomic mass is 10.1. The van der Waals surface area contributed by atoms with Crippen molar-refractivity contribution in [2.45, 2.75) is 18.9 Å². The Kier molecular flexibility index (Phi) is 3.19. The molecule has 112 valence electrons. The highest BCUT2D eigenvalue weighted by Gasteiger charge is 2.21. The molecule has 1 aliphatic heterocycles. The molecule has 3 aromatic rings. The first-order chi connectivity index (χ1) is 10.8. The average molecular weight is 296 g/mol. The Morgan fingerprint density at radius 3 is 2.50 bits per heavy atom. The maximum absolute atomic E-state index is 9.70. The van der Waals surface area contributed by atoms with Crippen LogP contribution in [-0.2, 0) is 0 Å². The molecule has 0 bridgehead atoms. The van der Waals surface area contributed by atoms with Crippen molar-refractivity contribution < 1.29 is 5.11 Å². The molecule has 1 saturated heterocycles. The smallest absolute Gasteiger partial charge is 0.157 e. The molecule has 1 aliphatic rings. The topological polar surface area (TPSA) is 79.4 Å². The number of aromatic nitrogens is 5. The molecule has 0 radical (unpaired) electrons. The summed E-state index contributed by atoms with van der Waals surface area (Å²) in [5.74, 6) is 0.987. The number of piperidine rings is 1. The molecule has 4 heterocycles. The van der Waals surface area contributed by atoms with Gasteiger partial charge in [0.25, 0.3) is 0 Å². The third kappa shape index (κ3) is 2.19. The summed E-state index contributed by atoms with van der Waals surface area (Å²) in [5, 5.41) is 9.70. The molecule has 7 nitrogen and oxygen atoms in total. The number of hydrogen-bond acceptors (Lipinski definition) is 6. The van der Waals surface area contributed by atoms with Crippen LogP contribution in [0.1, 0.15) is 12.8 Å². The molecule has 1 fully saturated rings. The van der Waals surface area contributed by atoms with E-state index in [1.165, 1.54) is 6.33 Å². The number of rotatable bonds is 2. The Bertz CT molecular complexity index is 779. The number of aliphatic hydroxyl groups excluding tert-OH is 1. The number of imidazole rings is 1. The molecule has 0 aromatic carbocycles. The van der Waals surface area contributed by atoms with E-state index in [1.54, 1.807) is 18.6 Å². The molecule has 0 saturated carbocycles. The highest BCUT2D eigenvalue weighted by atomic mass is 16.3. The summed E-state index contributed by atoms with van der Waals surface area (Å²) in [5.41, 5.74) is 2.65. The number of aliphatic hydroxyl groups is 1. The Labute approximate surface area is 127 Å². The summed E-state index contributed by atoms with van der Waals surface area (Å²) in [6.45, 7) is 1.62. The van der Waals surface area contributed by atoms with Gasteiger partial charge < -0.3 is 10.0 Å². The average Bonchev–Trinajstić information content (AvgIpc) is 3.00. The molecule has 4 rings (SSSR count). The molecule has 7 heteroatoms. The summed E-state index contributed by atoms with van der Waals surface area (Å²) in [6.07, 6.45) is 11.8. The van der Waals surface area contributed by atoms with Gasteiger partial charge in [-0.3, -0.25) is 9.38 Å². The predicted octanol–water partition coefficient (Wildman–Crippen LogP) is 1.15. The van der Waals surface area contributed by atoms with Crippen molar-refractivity contribution in [3.8, 4) is 11.3 Å². The van der Waals surface area contributed by atoms with Gasteiger partial charge in [-0.15, -0.1) is 0 Å². The van der Waals surface area contributed by atoms with Crippen LogP contribution in [0.5, 0.6) is 0 Å². The zero-order valence-corrected chi connectivity index (χ0v) is 12.0. The van der Waals surface area contributed by atoms with Crippen molar-refractivity contribution in [3.63, 3.8) is 0 Å². The zero-order valence-electron chi connectivity index (χ0n) is 12.0. The SMILES string of the molecule is OC1CCN(c2cncc3ncc(-c4cncnc4)n23)CC1. The van der Waals surface area contributed by atoms with E-state index >= 15 is 0 Å². The fourth-order valence-electron chi connectivity index (χ4n) is 2.88. The van der Waals surface area contributed by atoms with Crippen LogP contribution in [0.15, 0.2) is 37.3 Å². The van der Waals surface area contributed by atoms with Crippen molar-refractivity contribution in [1.29, 1.82) is 0 Å². The van der Waals surface area contributed by atoms with Gasteiger partial charge in [0.05, 0.1) is 30.4 Å². The maximum atomic E-state index is 9.70. The van der Waals surface area contributed by atoms with Gasteiger partial charge >= 0.3 is 0 Å². The van der Waals surface area contributed by atoms with Crippen LogP contribution in [0.2, 0.25) is 0 Å². The second kappa shape index (κ2) is 5.34. The Morgan fingerprint density at radius 1 is 0.955 bits per heavy atom. The Balaban J connectivity index is 1.83. The molecule has 0 atom stereocenters. The molecular weight excluding hydrogens is 280 g/mol. The van der Waals surface area contributed by atoms with Crippen LogP contribution in [0, 0.1) is 0 Å². The third-order valence-corrected chi connectivity index (χ3v) is 4.04. The van der Waals surface area contributed by atoms with Crippen LogP contribution >= 0.6 is 0 Å². The van der Waals surface area contributed by atoms with Gasteiger partial charge in [-0.1, -0.05) is 0 Å². The van der Waals surface area contributed by atoms with E-state index in [4.69, 9.17) is 0 Å².